The molecule has 0 saturated heterocycles. The van der Waals surface area contributed by atoms with Gasteiger partial charge in [-0.25, -0.2) is 15.0 Å². The Morgan fingerprint density at radius 2 is 0.772 bits per heavy atom. The van der Waals surface area contributed by atoms with Crippen molar-refractivity contribution < 1.29 is 20.9 Å². The van der Waals surface area contributed by atoms with Crippen molar-refractivity contribution in [1.29, 1.82) is 0 Å². The summed E-state index contributed by atoms with van der Waals surface area (Å²) in [6, 6.07) is 30.8. The predicted octanol–water partition coefficient (Wildman–Crippen LogP) is 13.0. The first-order chi connectivity index (χ1) is 33.2. The Morgan fingerprint density at radius 3 is 1.25 bits per heavy atom. The van der Waals surface area contributed by atoms with Crippen LogP contribution in [0.25, 0.3) is 111 Å². The summed E-state index contributed by atoms with van der Waals surface area (Å²) in [5, 5.41) is 2.51. The molecule has 0 saturated carbocycles. The summed E-state index contributed by atoms with van der Waals surface area (Å²) in [5.74, 6) is 0.920. The van der Waals surface area contributed by atoms with E-state index in [0.717, 1.165) is 16.4 Å². The van der Waals surface area contributed by atoms with Crippen LogP contribution in [0.15, 0.2) is 192 Å². The summed E-state index contributed by atoms with van der Waals surface area (Å²) in [6.45, 7) is 0. The van der Waals surface area contributed by atoms with Crippen LogP contribution >= 0.6 is 0 Å². The summed E-state index contributed by atoms with van der Waals surface area (Å²) in [4.78, 5) is 14.9. The van der Waals surface area contributed by atoms with Crippen LogP contribution in [0.2, 0.25) is 0 Å². The van der Waals surface area contributed by atoms with Crippen molar-refractivity contribution in [3.8, 4) is 45.5 Å². The van der Waals surface area contributed by atoms with Gasteiger partial charge in [0, 0.05) is 60.4 Å². The molecule has 0 radical (unpaired) electrons. The third-order valence-electron chi connectivity index (χ3n) is 10.3. The lowest BCUT2D eigenvalue weighted by Crippen LogP contribution is -2.01. The fourth-order valence-corrected chi connectivity index (χ4v) is 7.69. The quantitative estimate of drug-likeness (QED) is 0.176. The number of aromatic nitrogens is 5. The van der Waals surface area contributed by atoms with E-state index >= 15 is 0 Å². The van der Waals surface area contributed by atoms with Crippen LogP contribution in [0.4, 0.5) is 0 Å². The van der Waals surface area contributed by atoms with Crippen molar-refractivity contribution in [3.05, 3.63) is 188 Å². The SMILES string of the molecule is [2H]c1cc([2H])c2c(c1[2H])c1c([2H])c([2H])cc([2H])c1n2-c1ccc(-c2nc(-c3ccc(-n4c5c([2H])cc([2H])c([2H])c5c5c([2H])c([2H])cc([2H])c54)cc3)nc(-c3ccc4c(c3)oc3ccccc34)n2)cc1. The molecule has 0 aliphatic heterocycles. The molecule has 4 heterocycles. The van der Waals surface area contributed by atoms with Crippen molar-refractivity contribution in [2.24, 2.45) is 0 Å². The van der Waals surface area contributed by atoms with Gasteiger partial charge in [0.05, 0.1) is 38.5 Å². The van der Waals surface area contributed by atoms with Crippen molar-refractivity contribution in [2.45, 2.75) is 0 Å². The van der Waals surface area contributed by atoms with Crippen molar-refractivity contribution in [3.63, 3.8) is 0 Å². The van der Waals surface area contributed by atoms with Gasteiger partial charge in [-0.2, -0.15) is 0 Å². The van der Waals surface area contributed by atoms with Gasteiger partial charge in [-0.15, -0.1) is 0 Å². The molecule has 6 nitrogen and oxygen atoms in total. The molecule has 4 aromatic heterocycles. The zero-order chi connectivity index (χ0) is 47.9. The Bertz CT molecular complexity index is 3870. The van der Waals surface area contributed by atoms with Crippen LogP contribution in [-0.2, 0) is 0 Å². The lowest BCUT2D eigenvalue weighted by molar-refractivity contribution is 0.669. The molecule has 0 atom stereocenters. The van der Waals surface area contributed by atoms with Gasteiger partial charge in [-0.3, -0.25) is 0 Å². The number of hydrogen-bond donors (Lipinski definition) is 0. The van der Waals surface area contributed by atoms with Gasteiger partial charge >= 0.3 is 0 Å². The zero-order valence-corrected chi connectivity index (χ0v) is 29.6. The molecule has 0 aliphatic carbocycles. The van der Waals surface area contributed by atoms with Crippen LogP contribution in [0.3, 0.4) is 0 Å². The predicted molar refractivity (Wildman–Crippen MR) is 232 cm³/mol. The highest BCUT2D eigenvalue weighted by molar-refractivity contribution is 6.10. The molecule has 12 rings (SSSR count). The number of furan rings is 1. The second-order valence-electron chi connectivity index (χ2n) is 13.5. The first-order valence-corrected chi connectivity index (χ1v) is 18.1. The van der Waals surface area contributed by atoms with E-state index in [0.29, 0.717) is 51.1 Å². The Morgan fingerprint density at radius 1 is 0.368 bits per heavy atom. The fraction of sp³-hybridized carbons (Fsp3) is 0. The minimum absolute atomic E-state index is 0.0690. The van der Waals surface area contributed by atoms with Crippen LogP contribution in [0.1, 0.15) is 16.4 Å². The molecular formula is C51H31N5O. The molecule has 0 amide bonds. The monoisotopic (exact) mass is 741 g/mol. The molecule has 0 fully saturated rings. The molecule has 0 spiro atoms. The highest BCUT2D eigenvalue weighted by atomic mass is 16.3. The minimum atomic E-state index is -0.203. The van der Waals surface area contributed by atoms with Crippen LogP contribution in [0, 0.1) is 0 Å². The van der Waals surface area contributed by atoms with Gasteiger partial charge in [0.25, 0.3) is 0 Å². The molecule has 8 aromatic carbocycles. The average molecular weight is 742 g/mol. The van der Waals surface area contributed by atoms with Gasteiger partial charge in [0.15, 0.2) is 17.5 Å². The average Bonchev–Trinajstić information content (AvgIpc) is 4.03. The van der Waals surface area contributed by atoms with Crippen LogP contribution in [0.5, 0.6) is 0 Å². The second kappa shape index (κ2) is 12.3. The van der Waals surface area contributed by atoms with Crippen LogP contribution < -0.4 is 0 Å². The third kappa shape index (κ3) is 4.94. The number of benzene rings is 8. The van der Waals surface area contributed by atoms with E-state index in [2.05, 4.69) is 0 Å². The lowest BCUT2D eigenvalue weighted by Gasteiger charge is -2.12. The van der Waals surface area contributed by atoms with Crippen molar-refractivity contribution >= 4 is 65.6 Å². The van der Waals surface area contributed by atoms with E-state index in [9.17, 15) is 0 Å². The number of fused-ring (bicyclic) bond motifs is 9. The molecule has 0 aliphatic rings. The molecule has 6 heteroatoms. The molecule has 12 aromatic rings. The van der Waals surface area contributed by atoms with E-state index in [1.807, 2.05) is 42.5 Å². The van der Waals surface area contributed by atoms with E-state index in [1.54, 1.807) is 57.7 Å². The Balaban J connectivity index is 1.03. The van der Waals surface area contributed by atoms with Gasteiger partial charge in [-0.05, 0) is 90.9 Å². The summed E-state index contributed by atoms with van der Waals surface area (Å²) < 4.78 is 114. The molecular weight excluding hydrogens is 699 g/mol. The normalized spacial score (nSPS) is 14.8. The van der Waals surface area contributed by atoms with E-state index in [1.165, 1.54) is 24.3 Å². The maximum Gasteiger partial charge on any atom is 0.164 e. The maximum atomic E-state index is 8.89. The summed E-state index contributed by atoms with van der Waals surface area (Å²) in [6.07, 6.45) is 0. The minimum Gasteiger partial charge on any atom is -0.456 e. The standard InChI is InChI=1S/C51H31N5O/c1-6-16-43-37(11-1)38-12-2-7-17-44(38)55(43)35-26-21-32(22-27-35)49-52-50(54-51(53-49)34-25-30-42-41-15-5-10-20-47(41)57-48(42)31-34)33-23-28-36(29-24-33)56-45-18-8-3-13-39(45)40-14-4-9-19-46(40)56/h1-31H/i1D,2D,3D,4D,11D,12D,13D,14D,16D,17D,18D,19D. The number of para-hydroxylation sites is 5. The summed E-state index contributed by atoms with van der Waals surface area (Å²) in [7, 11) is 0. The first kappa shape index (κ1) is 21.9. The topological polar surface area (TPSA) is 61.7 Å². The summed E-state index contributed by atoms with van der Waals surface area (Å²) >= 11 is 0. The second-order valence-corrected chi connectivity index (χ2v) is 13.5. The van der Waals surface area contributed by atoms with Gasteiger partial charge in [-0.1, -0.05) is 96.9 Å². The first-order valence-electron chi connectivity index (χ1n) is 24.1. The zero-order valence-electron chi connectivity index (χ0n) is 41.6. The number of rotatable bonds is 5. The summed E-state index contributed by atoms with van der Waals surface area (Å²) in [5.41, 5.74) is 5.11. The smallest absolute Gasteiger partial charge is 0.164 e. The third-order valence-corrected chi connectivity index (χ3v) is 10.3. The number of hydrogen-bond acceptors (Lipinski definition) is 4. The van der Waals surface area contributed by atoms with E-state index in [-0.39, 0.29) is 116 Å². The Labute approximate surface area is 343 Å². The van der Waals surface area contributed by atoms with E-state index < -0.39 is 0 Å². The fourth-order valence-electron chi connectivity index (χ4n) is 7.69. The highest BCUT2D eigenvalue weighted by Crippen LogP contribution is 2.36. The largest absolute Gasteiger partial charge is 0.456 e. The van der Waals surface area contributed by atoms with E-state index in [4.69, 9.17) is 35.8 Å². The highest BCUT2D eigenvalue weighted by Gasteiger charge is 2.17. The van der Waals surface area contributed by atoms with Crippen molar-refractivity contribution in [1.82, 2.24) is 24.1 Å². The molecule has 0 unspecified atom stereocenters. The Kier molecular flexibility index (Phi) is 4.74. The lowest BCUT2D eigenvalue weighted by atomic mass is 10.1. The molecule has 266 valence electrons. The number of nitrogens with zero attached hydrogens (tertiary/aromatic N) is 5. The molecule has 0 N–H and O–H groups in total. The molecule has 57 heavy (non-hydrogen) atoms. The molecule has 0 bridgehead atoms. The van der Waals surface area contributed by atoms with Gasteiger partial charge in [0.1, 0.15) is 11.2 Å². The van der Waals surface area contributed by atoms with Crippen molar-refractivity contribution in [2.75, 3.05) is 0 Å². The van der Waals surface area contributed by atoms with Crippen LogP contribution in [-0.4, -0.2) is 24.1 Å². The maximum absolute atomic E-state index is 8.89. The van der Waals surface area contributed by atoms with Gasteiger partial charge in [0.2, 0.25) is 0 Å². The van der Waals surface area contributed by atoms with Gasteiger partial charge < -0.3 is 13.6 Å². The Hall–Kier alpha value is -7.83.